The largest absolute Gasteiger partial charge is 0.376 e. The normalized spacial score (nSPS) is 11.6. The Morgan fingerprint density at radius 2 is 1.73 bits per heavy atom. The molecule has 3 aromatic rings. The Balaban J connectivity index is 1.82. The lowest BCUT2D eigenvalue weighted by molar-refractivity contribution is -0.115. The fourth-order valence-corrected chi connectivity index (χ4v) is 5.76. The lowest BCUT2D eigenvalue weighted by Gasteiger charge is -2.22. The highest BCUT2D eigenvalue weighted by Crippen LogP contribution is 2.30. The summed E-state index contributed by atoms with van der Waals surface area (Å²) in [6.45, 7) is 6.39. The topological polar surface area (TPSA) is 82.6 Å². The van der Waals surface area contributed by atoms with Gasteiger partial charge in [-0.05, 0) is 25.1 Å². The molecule has 1 heterocycles. The number of aryl methyl sites for hydroxylation is 1. The summed E-state index contributed by atoms with van der Waals surface area (Å²) < 4.78 is 27.3. The first-order valence-corrected chi connectivity index (χ1v) is 13.1. The van der Waals surface area contributed by atoms with Gasteiger partial charge in [0.05, 0.1) is 28.4 Å². The molecule has 1 N–H and O–H groups in total. The Morgan fingerprint density at radius 3 is 2.33 bits per heavy atom. The second kappa shape index (κ2) is 10.5. The number of carbonyl (C=O) groups excluding carboxylic acids is 1. The Bertz CT molecular complexity index is 1210. The summed E-state index contributed by atoms with van der Waals surface area (Å²) in [6, 6.07) is 12.9. The number of amides is 1. The van der Waals surface area contributed by atoms with E-state index in [4.69, 9.17) is 0 Å². The molecule has 0 saturated carbocycles. The highest BCUT2D eigenvalue weighted by atomic mass is 32.2. The summed E-state index contributed by atoms with van der Waals surface area (Å²) >= 11 is 1.49. The maximum atomic E-state index is 13.0. The number of sulfonamides is 1. The fourth-order valence-electron chi connectivity index (χ4n) is 3.45. The van der Waals surface area contributed by atoms with E-state index in [2.05, 4.69) is 10.3 Å². The van der Waals surface area contributed by atoms with Crippen molar-refractivity contribution in [2.75, 3.05) is 37.4 Å². The summed E-state index contributed by atoms with van der Waals surface area (Å²) in [6.07, 6.45) is 0.0995. The average molecular weight is 487 g/mol. The van der Waals surface area contributed by atoms with E-state index >= 15 is 0 Å². The SMILES string of the molecule is CCN(CC)S(=O)(=O)c1ccc(N(C)C)c(NC(=O)Cc2csc(-c3ccc(C)cc3)n2)c1. The first-order valence-electron chi connectivity index (χ1n) is 10.8. The zero-order valence-electron chi connectivity index (χ0n) is 19.6. The van der Waals surface area contributed by atoms with Gasteiger partial charge in [-0.15, -0.1) is 11.3 Å². The van der Waals surface area contributed by atoms with Crippen molar-refractivity contribution < 1.29 is 13.2 Å². The van der Waals surface area contributed by atoms with Crippen molar-refractivity contribution in [3.63, 3.8) is 0 Å². The zero-order valence-corrected chi connectivity index (χ0v) is 21.3. The lowest BCUT2D eigenvalue weighted by Crippen LogP contribution is -2.30. The van der Waals surface area contributed by atoms with Crippen molar-refractivity contribution in [2.45, 2.75) is 32.1 Å². The van der Waals surface area contributed by atoms with Gasteiger partial charge < -0.3 is 10.2 Å². The molecule has 0 aliphatic carbocycles. The number of benzene rings is 2. The Hall–Kier alpha value is -2.75. The number of carbonyl (C=O) groups is 1. The van der Waals surface area contributed by atoms with E-state index in [9.17, 15) is 13.2 Å². The second-order valence-electron chi connectivity index (χ2n) is 7.90. The molecule has 0 atom stereocenters. The molecule has 0 aliphatic rings. The van der Waals surface area contributed by atoms with Crippen LogP contribution >= 0.6 is 11.3 Å². The maximum Gasteiger partial charge on any atom is 0.243 e. The van der Waals surface area contributed by atoms with E-state index in [-0.39, 0.29) is 17.2 Å². The smallest absolute Gasteiger partial charge is 0.243 e. The molecule has 0 spiro atoms. The molecule has 0 unspecified atom stereocenters. The molecule has 1 amide bonds. The molecule has 2 aromatic carbocycles. The van der Waals surface area contributed by atoms with Crippen LogP contribution in [0.3, 0.4) is 0 Å². The molecule has 33 heavy (non-hydrogen) atoms. The number of nitrogens with one attached hydrogen (secondary N) is 1. The van der Waals surface area contributed by atoms with Crippen molar-refractivity contribution in [3.8, 4) is 10.6 Å². The fraction of sp³-hybridized carbons (Fsp3) is 0.333. The van der Waals surface area contributed by atoms with Crippen LogP contribution in [0.4, 0.5) is 11.4 Å². The van der Waals surface area contributed by atoms with Gasteiger partial charge in [0.2, 0.25) is 15.9 Å². The van der Waals surface area contributed by atoms with Crippen LogP contribution in [0.1, 0.15) is 25.1 Å². The zero-order chi connectivity index (χ0) is 24.2. The summed E-state index contributed by atoms with van der Waals surface area (Å²) in [7, 11) is 0.0517. The van der Waals surface area contributed by atoms with Crippen LogP contribution < -0.4 is 10.2 Å². The van der Waals surface area contributed by atoms with E-state index in [1.165, 1.54) is 27.3 Å². The number of thiazole rings is 1. The van der Waals surface area contributed by atoms with Gasteiger partial charge in [0.1, 0.15) is 5.01 Å². The second-order valence-corrected chi connectivity index (χ2v) is 10.7. The molecule has 3 rings (SSSR count). The van der Waals surface area contributed by atoms with E-state index < -0.39 is 10.0 Å². The van der Waals surface area contributed by atoms with E-state index in [1.54, 1.807) is 26.0 Å². The van der Waals surface area contributed by atoms with E-state index in [0.29, 0.717) is 24.5 Å². The van der Waals surface area contributed by atoms with Crippen LogP contribution in [0.25, 0.3) is 10.6 Å². The highest BCUT2D eigenvalue weighted by molar-refractivity contribution is 7.89. The van der Waals surface area contributed by atoms with Gasteiger partial charge in [0, 0.05) is 38.1 Å². The minimum Gasteiger partial charge on any atom is -0.376 e. The van der Waals surface area contributed by atoms with Gasteiger partial charge in [0.25, 0.3) is 0 Å². The van der Waals surface area contributed by atoms with Crippen LogP contribution in [-0.2, 0) is 21.2 Å². The molecule has 0 radical (unpaired) electrons. The Morgan fingerprint density at radius 1 is 1.06 bits per heavy atom. The number of nitrogens with zero attached hydrogens (tertiary/aromatic N) is 3. The molecular weight excluding hydrogens is 456 g/mol. The van der Waals surface area contributed by atoms with Crippen molar-refractivity contribution in [3.05, 3.63) is 59.1 Å². The summed E-state index contributed by atoms with van der Waals surface area (Å²) in [5.41, 5.74) is 4.04. The molecule has 0 fully saturated rings. The predicted molar refractivity (Wildman–Crippen MR) is 135 cm³/mol. The molecule has 0 aliphatic heterocycles. The van der Waals surface area contributed by atoms with Gasteiger partial charge in [-0.2, -0.15) is 4.31 Å². The molecule has 7 nitrogen and oxygen atoms in total. The Labute approximate surface area is 200 Å². The van der Waals surface area contributed by atoms with Crippen molar-refractivity contribution in [2.24, 2.45) is 0 Å². The van der Waals surface area contributed by atoms with Crippen LogP contribution in [0.2, 0.25) is 0 Å². The van der Waals surface area contributed by atoms with Gasteiger partial charge in [-0.25, -0.2) is 13.4 Å². The quantitative estimate of drug-likeness (QED) is 0.485. The number of aromatic nitrogens is 1. The first kappa shape index (κ1) is 24.9. The predicted octanol–water partition coefficient (Wildman–Crippen LogP) is 4.40. The van der Waals surface area contributed by atoms with Gasteiger partial charge in [0.15, 0.2) is 0 Å². The first-order chi connectivity index (χ1) is 15.6. The average Bonchev–Trinajstić information content (AvgIpc) is 3.22. The minimum atomic E-state index is -3.64. The van der Waals surface area contributed by atoms with Crippen molar-refractivity contribution in [1.82, 2.24) is 9.29 Å². The third-order valence-electron chi connectivity index (χ3n) is 5.26. The molecular formula is C24H30N4O3S2. The standard InChI is InChI=1S/C24H30N4O3S2/c1-6-28(7-2)33(30,31)20-12-13-22(27(4)5)21(15-20)26-23(29)14-19-16-32-24(25-19)18-10-8-17(3)9-11-18/h8-13,15-16H,6-7,14H2,1-5H3,(H,26,29). The van der Waals surface area contributed by atoms with Gasteiger partial charge in [-0.1, -0.05) is 43.7 Å². The van der Waals surface area contributed by atoms with Crippen LogP contribution in [0.5, 0.6) is 0 Å². The third kappa shape index (κ3) is 5.79. The summed E-state index contributed by atoms with van der Waals surface area (Å²) in [4.78, 5) is 19.4. The van der Waals surface area contributed by atoms with Crippen LogP contribution in [0.15, 0.2) is 52.7 Å². The van der Waals surface area contributed by atoms with E-state index in [0.717, 1.165) is 16.3 Å². The third-order valence-corrected chi connectivity index (χ3v) is 8.25. The Kier molecular flexibility index (Phi) is 7.88. The number of hydrogen-bond acceptors (Lipinski definition) is 6. The molecule has 1 aromatic heterocycles. The number of anilines is 2. The van der Waals surface area contributed by atoms with Crippen molar-refractivity contribution >= 4 is 38.6 Å². The van der Waals surface area contributed by atoms with E-state index in [1.807, 2.05) is 55.6 Å². The molecule has 0 bridgehead atoms. The monoisotopic (exact) mass is 486 g/mol. The van der Waals surface area contributed by atoms with Crippen molar-refractivity contribution in [1.29, 1.82) is 0 Å². The summed E-state index contributed by atoms with van der Waals surface area (Å²) in [5.74, 6) is -0.253. The van der Waals surface area contributed by atoms with Gasteiger partial charge in [-0.3, -0.25) is 4.79 Å². The number of rotatable bonds is 9. The minimum absolute atomic E-state index is 0.0995. The van der Waals surface area contributed by atoms with Crippen LogP contribution in [-0.4, -0.2) is 50.8 Å². The molecule has 0 saturated heterocycles. The number of hydrogen-bond donors (Lipinski definition) is 1. The molecule has 9 heteroatoms. The van der Waals surface area contributed by atoms with Crippen LogP contribution in [0, 0.1) is 6.92 Å². The highest BCUT2D eigenvalue weighted by Gasteiger charge is 2.23. The molecule has 176 valence electrons. The summed E-state index contributed by atoms with van der Waals surface area (Å²) in [5, 5.41) is 5.62. The lowest BCUT2D eigenvalue weighted by atomic mass is 10.2. The maximum absolute atomic E-state index is 13.0. The van der Waals surface area contributed by atoms with Gasteiger partial charge >= 0.3 is 0 Å².